The molecule has 12 heteroatoms. The number of ether oxygens (including phenoxy) is 2. The standard InChI is InChI=1S/C9H10F6N2O4/c1-17-3-2-16-4-7(17,20-5(18)8(10,11)12)21-6(19)9(13,14)15/h16H,2-4H2,1H3. The van der Waals surface area contributed by atoms with Gasteiger partial charge < -0.3 is 14.8 Å². The highest BCUT2D eigenvalue weighted by Gasteiger charge is 2.55. The van der Waals surface area contributed by atoms with Gasteiger partial charge in [0.2, 0.25) is 0 Å². The molecule has 6 nitrogen and oxygen atoms in total. The fourth-order valence-electron chi connectivity index (χ4n) is 1.45. The Morgan fingerprint density at radius 2 is 1.48 bits per heavy atom. The number of hydrogen-bond donors (Lipinski definition) is 1. The Bertz CT molecular complexity index is 393. The third-order valence-electron chi connectivity index (χ3n) is 2.52. The number of nitrogens with zero attached hydrogens (tertiary/aromatic N) is 1. The van der Waals surface area contributed by atoms with E-state index >= 15 is 0 Å². The minimum absolute atomic E-state index is 0.115. The van der Waals surface area contributed by atoms with Crippen LogP contribution in [-0.2, 0) is 19.1 Å². The average Bonchev–Trinajstić information content (AvgIpc) is 2.30. The first kappa shape index (κ1) is 17.5. The lowest BCUT2D eigenvalue weighted by atomic mass is 10.3. The van der Waals surface area contributed by atoms with Crippen LogP contribution in [0.25, 0.3) is 0 Å². The van der Waals surface area contributed by atoms with E-state index in [1.807, 2.05) is 0 Å². The molecule has 122 valence electrons. The molecule has 0 spiro atoms. The second-order valence-electron chi connectivity index (χ2n) is 4.09. The van der Waals surface area contributed by atoms with E-state index in [-0.39, 0.29) is 13.1 Å². The molecule has 0 radical (unpaired) electrons. The summed E-state index contributed by atoms with van der Waals surface area (Å²) < 4.78 is 81.1. The summed E-state index contributed by atoms with van der Waals surface area (Å²) >= 11 is 0. The van der Waals surface area contributed by atoms with E-state index in [1.54, 1.807) is 0 Å². The highest BCUT2D eigenvalue weighted by molar-refractivity contribution is 5.78. The number of carbonyl (C=O) groups is 2. The van der Waals surface area contributed by atoms with E-state index in [0.29, 0.717) is 0 Å². The minimum Gasteiger partial charge on any atom is -0.400 e. The number of halogens is 6. The Balaban J connectivity index is 3.01. The molecule has 0 aromatic rings. The normalized spacial score (nSPS) is 20.0. The van der Waals surface area contributed by atoms with Gasteiger partial charge in [-0.15, -0.1) is 0 Å². The molecule has 1 aliphatic rings. The van der Waals surface area contributed by atoms with Crippen molar-refractivity contribution in [3.63, 3.8) is 0 Å². The molecule has 0 saturated carbocycles. The summed E-state index contributed by atoms with van der Waals surface area (Å²) in [6.07, 6.45) is -10.9. The summed E-state index contributed by atoms with van der Waals surface area (Å²) in [6.45, 7) is -0.672. The number of rotatable bonds is 2. The third kappa shape index (κ3) is 4.20. The maximum absolute atomic E-state index is 12.2. The Labute approximate surface area is 114 Å². The molecule has 1 fully saturated rings. The first-order valence-electron chi connectivity index (χ1n) is 5.41. The summed E-state index contributed by atoms with van der Waals surface area (Å²) in [7, 11) is 1.05. The van der Waals surface area contributed by atoms with Gasteiger partial charge in [-0.2, -0.15) is 26.3 Å². The van der Waals surface area contributed by atoms with Crippen LogP contribution in [0.5, 0.6) is 0 Å². The van der Waals surface area contributed by atoms with Crippen LogP contribution in [0, 0.1) is 0 Å². The van der Waals surface area contributed by atoms with E-state index in [0.717, 1.165) is 11.9 Å². The minimum atomic E-state index is -5.45. The summed E-state index contributed by atoms with van der Waals surface area (Å²) in [5.41, 5.74) is 0. The van der Waals surface area contributed by atoms with Crippen LogP contribution in [-0.4, -0.2) is 61.8 Å². The number of hydrogen-bond acceptors (Lipinski definition) is 6. The fraction of sp³-hybridized carbons (Fsp3) is 0.778. The molecule has 0 atom stereocenters. The fourth-order valence-corrected chi connectivity index (χ4v) is 1.45. The first-order chi connectivity index (χ1) is 9.38. The van der Waals surface area contributed by atoms with Crippen molar-refractivity contribution < 1.29 is 45.4 Å². The van der Waals surface area contributed by atoms with Crippen molar-refractivity contribution in [1.82, 2.24) is 10.2 Å². The van der Waals surface area contributed by atoms with Gasteiger partial charge in [0, 0.05) is 13.1 Å². The Morgan fingerprint density at radius 3 is 1.81 bits per heavy atom. The maximum atomic E-state index is 12.2. The molecule has 0 amide bonds. The zero-order valence-corrected chi connectivity index (χ0v) is 10.5. The zero-order valence-electron chi connectivity index (χ0n) is 10.5. The molecule has 0 aliphatic carbocycles. The van der Waals surface area contributed by atoms with Crippen LogP contribution >= 0.6 is 0 Å². The molecule has 0 aromatic heterocycles. The van der Waals surface area contributed by atoms with Gasteiger partial charge in [-0.3, -0.25) is 0 Å². The second kappa shape index (κ2) is 5.67. The summed E-state index contributed by atoms with van der Waals surface area (Å²) in [6, 6.07) is 0. The highest BCUT2D eigenvalue weighted by Crippen LogP contribution is 2.28. The number of esters is 2. The van der Waals surface area contributed by atoms with Gasteiger partial charge in [-0.25, -0.2) is 14.5 Å². The number of piperazine rings is 1. The lowest BCUT2D eigenvalue weighted by Crippen LogP contribution is -2.65. The Morgan fingerprint density at radius 1 is 1.05 bits per heavy atom. The van der Waals surface area contributed by atoms with Gasteiger partial charge in [-0.05, 0) is 7.05 Å². The number of likely N-dealkylation sites (N-methyl/N-ethyl adjacent to an activating group) is 1. The molecule has 1 saturated heterocycles. The molecule has 1 aliphatic heterocycles. The van der Waals surface area contributed by atoms with Crippen molar-refractivity contribution in [1.29, 1.82) is 0 Å². The lowest BCUT2D eigenvalue weighted by Gasteiger charge is -2.42. The smallest absolute Gasteiger partial charge is 0.400 e. The lowest BCUT2D eigenvalue weighted by molar-refractivity contribution is -0.315. The molecule has 0 unspecified atom stereocenters. The van der Waals surface area contributed by atoms with Crippen molar-refractivity contribution in [2.45, 2.75) is 18.3 Å². The van der Waals surface area contributed by atoms with E-state index in [1.165, 1.54) is 0 Å². The van der Waals surface area contributed by atoms with Crippen LogP contribution in [0.15, 0.2) is 0 Å². The molecule has 1 heterocycles. The molecule has 21 heavy (non-hydrogen) atoms. The van der Waals surface area contributed by atoms with E-state index in [9.17, 15) is 35.9 Å². The molecule has 1 rings (SSSR count). The number of alkyl halides is 6. The molecular weight excluding hydrogens is 314 g/mol. The van der Waals surface area contributed by atoms with Crippen LogP contribution in [0.2, 0.25) is 0 Å². The summed E-state index contributed by atoms with van der Waals surface area (Å²) in [4.78, 5) is 22.4. The van der Waals surface area contributed by atoms with E-state index in [2.05, 4.69) is 14.8 Å². The van der Waals surface area contributed by atoms with E-state index in [4.69, 9.17) is 0 Å². The van der Waals surface area contributed by atoms with Crippen molar-refractivity contribution in [3.05, 3.63) is 0 Å². The predicted molar refractivity (Wildman–Crippen MR) is 52.5 cm³/mol. The van der Waals surface area contributed by atoms with E-state index < -0.39 is 36.7 Å². The van der Waals surface area contributed by atoms with Crippen LogP contribution < -0.4 is 5.32 Å². The van der Waals surface area contributed by atoms with Gasteiger partial charge >= 0.3 is 30.2 Å². The SMILES string of the molecule is CN1CCNCC1(OC(=O)C(F)(F)F)OC(=O)C(F)(F)F. The first-order valence-corrected chi connectivity index (χ1v) is 5.41. The molecular formula is C9H10F6N2O4. The second-order valence-corrected chi connectivity index (χ2v) is 4.09. The van der Waals surface area contributed by atoms with Crippen LogP contribution in [0.3, 0.4) is 0 Å². The quantitative estimate of drug-likeness (QED) is 0.450. The average molecular weight is 324 g/mol. The third-order valence-corrected chi connectivity index (χ3v) is 2.52. The van der Waals surface area contributed by atoms with Gasteiger partial charge in [0.15, 0.2) is 0 Å². The zero-order chi connectivity index (χ0) is 16.5. The van der Waals surface area contributed by atoms with Crippen LogP contribution in [0.4, 0.5) is 26.3 Å². The largest absolute Gasteiger partial charge is 0.491 e. The Hall–Kier alpha value is -1.56. The highest BCUT2D eigenvalue weighted by atomic mass is 19.4. The molecule has 1 N–H and O–H groups in total. The van der Waals surface area contributed by atoms with Crippen molar-refractivity contribution in [3.8, 4) is 0 Å². The summed E-state index contributed by atoms with van der Waals surface area (Å²) in [5, 5.41) is 2.39. The maximum Gasteiger partial charge on any atom is 0.491 e. The molecule has 0 aromatic carbocycles. The number of nitrogens with one attached hydrogen (secondary N) is 1. The van der Waals surface area contributed by atoms with Crippen molar-refractivity contribution in [2.24, 2.45) is 0 Å². The monoisotopic (exact) mass is 324 g/mol. The summed E-state index contributed by atoms with van der Waals surface area (Å²) in [5.74, 6) is -8.36. The number of carbonyl (C=O) groups excluding carboxylic acids is 2. The molecule has 0 bridgehead atoms. The van der Waals surface area contributed by atoms with Gasteiger partial charge in [0.1, 0.15) is 0 Å². The Kier molecular flexibility index (Phi) is 4.73. The van der Waals surface area contributed by atoms with Crippen LogP contribution in [0.1, 0.15) is 0 Å². The van der Waals surface area contributed by atoms with Gasteiger partial charge in [0.25, 0.3) is 0 Å². The topological polar surface area (TPSA) is 67.9 Å². The van der Waals surface area contributed by atoms with Crippen molar-refractivity contribution in [2.75, 3.05) is 26.7 Å². The van der Waals surface area contributed by atoms with Gasteiger partial charge in [0.05, 0.1) is 6.54 Å². The predicted octanol–water partition coefficient (Wildman–Crippen LogP) is 0.386. The van der Waals surface area contributed by atoms with Crippen molar-refractivity contribution >= 4 is 11.9 Å². The van der Waals surface area contributed by atoms with Gasteiger partial charge in [-0.1, -0.05) is 0 Å².